The molecule has 20 heavy (non-hydrogen) atoms. The SMILES string of the molecule is [B]c1nc(-c2cccnc2)oc1-c1ccc(Cl)c(Cl)c1. The smallest absolute Gasteiger partial charge is 0.227 e. The van der Waals surface area contributed by atoms with Crippen molar-refractivity contribution >= 4 is 36.6 Å². The van der Waals surface area contributed by atoms with Gasteiger partial charge in [0, 0.05) is 23.6 Å². The molecule has 0 spiro atoms. The van der Waals surface area contributed by atoms with Crippen LogP contribution in [0.15, 0.2) is 47.1 Å². The quantitative estimate of drug-likeness (QED) is 0.680. The average Bonchev–Trinajstić information content (AvgIpc) is 2.85. The van der Waals surface area contributed by atoms with E-state index < -0.39 is 0 Å². The first-order valence-corrected chi connectivity index (χ1v) is 6.53. The second kappa shape index (κ2) is 5.31. The average molecular weight is 301 g/mol. The summed E-state index contributed by atoms with van der Waals surface area (Å²) in [7, 11) is 5.90. The monoisotopic (exact) mass is 300 g/mol. The number of hydrogen-bond donors (Lipinski definition) is 0. The largest absolute Gasteiger partial charge is 0.437 e. The highest BCUT2D eigenvalue weighted by Crippen LogP contribution is 2.29. The van der Waals surface area contributed by atoms with Crippen LogP contribution in [-0.2, 0) is 0 Å². The van der Waals surface area contributed by atoms with Crippen LogP contribution in [0.3, 0.4) is 0 Å². The summed E-state index contributed by atoms with van der Waals surface area (Å²) in [4.78, 5) is 8.22. The normalized spacial score (nSPS) is 10.7. The Kier molecular flexibility index (Phi) is 3.51. The van der Waals surface area contributed by atoms with E-state index in [1.165, 1.54) is 0 Å². The van der Waals surface area contributed by atoms with Gasteiger partial charge in [0.15, 0.2) is 0 Å². The van der Waals surface area contributed by atoms with Crippen LogP contribution >= 0.6 is 23.2 Å². The van der Waals surface area contributed by atoms with E-state index in [-0.39, 0.29) is 0 Å². The molecule has 0 aliphatic heterocycles. The zero-order valence-corrected chi connectivity index (χ0v) is 11.7. The van der Waals surface area contributed by atoms with Gasteiger partial charge in [-0.05, 0) is 30.3 Å². The first-order chi connectivity index (χ1) is 9.65. The van der Waals surface area contributed by atoms with E-state index in [1.54, 1.807) is 36.7 Å². The Bertz CT molecular complexity index is 759. The van der Waals surface area contributed by atoms with Gasteiger partial charge >= 0.3 is 0 Å². The van der Waals surface area contributed by atoms with Crippen molar-refractivity contribution in [3.63, 3.8) is 0 Å². The van der Waals surface area contributed by atoms with E-state index in [0.29, 0.717) is 27.3 Å². The summed E-state index contributed by atoms with van der Waals surface area (Å²) in [6.07, 6.45) is 3.33. The minimum Gasteiger partial charge on any atom is -0.437 e. The van der Waals surface area contributed by atoms with E-state index >= 15 is 0 Å². The highest BCUT2D eigenvalue weighted by Gasteiger charge is 2.13. The molecule has 6 heteroatoms. The molecule has 0 aliphatic carbocycles. The van der Waals surface area contributed by atoms with Crippen molar-refractivity contribution in [2.45, 2.75) is 0 Å². The van der Waals surface area contributed by atoms with Crippen LogP contribution in [0.4, 0.5) is 0 Å². The Balaban J connectivity index is 2.07. The number of aromatic nitrogens is 2. The highest BCUT2D eigenvalue weighted by molar-refractivity contribution is 6.42. The molecule has 0 atom stereocenters. The molecule has 3 nitrogen and oxygen atoms in total. The van der Waals surface area contributed by atoms with Gasteiger partial charge in [0.1, 0.15) is 13.6 Å². The number of nitrogens with zero attached hydrogens (tertiary/aromatic N) is 2. The summed E-state index contributed by atoms with van der Waals surface area (Å²) in [6, 6.07) is 8.79. The van der Waals surface area contributed by atoms with Gasteiger partial charge in [0.05, 0.1) is 15.6 Å². The third-order valence-corrected chi connectivity index (χ3v) is 3.48. The highest BCUT2D eigenvalue weighted by atomic mass is 35.5. The zero-order chi connectivity index (χ0) is 14.1. The lowest BCUT2D eigenvalue weighted by molar-refractivity contribution is 0.589. The van der Waals surface area contributed by atoms with Crippen molar-refractivity contribution in [3.05, 3.63) is 52.8 Å². The van der Waals surface area contributed by atoms with Gasteiger partial charge in [-0.1, -0.05) is 23.2 Å². The van der Waals surface area contributed by atoms with Crippen LogP contribution in [0.1, 0.15) is 0 Å². The van der Waals surface area contributed by atoms with Gasteiger partial charge in [0.25, 0.3) is 0 Å². The fourth-order valence-corrected chi connectivity index (χ4v) is 2.09. The van der Waals surface area contributed by atoms with Crippen LogP contribution in [0.25, 0.3) is 22.8 Å². The fraction of sp³-hybridized carbons (Fsp3) is 0. The van der Waals surface area contributed by atoms with E-state index in [9.17, 15) is 0 Å². The van der Waals surface area contributed by atoms with Crippen molar-refractivity contribution in [1.82, 2.24) is 9.97 Å². The first-order valence-electron chi connectivity index (χ1n) is 5.77. The predicted molar refractivity (Wildman–Crippen MR) is 80.6 cm³/mol. The predicted octanol–water partition coefficient (Wildman–Crippen LogP) is 3.50. The molecule has 2 heterocycles. The summed E-state index contributed by atoms with van der Waals surface area (Å²) in [5.74, 6) is 0.874. The molecular weight excluding hydrogens is 294 g/mol. The molecule has 0 bridgehead atoms. The maximum atomic E-state index is 6.00. The van der Waals surface area contributed by atoms with E-state index in [2.05, 4.69) is 9.97 Å². The molecule has 2 aromatic heterocycles. The van der Waals surface area contributed by atoms with E-state index in [1.807, 2.05) is 6.07 Å². The molecule has 0 unspecified atom stereocenters. The van der Waals surface area contributed by atoms with Crippen LogP contribution in [0.5, 0.6) is 0 Å². The number of oxazole rings is 1. The van der Waals surface area contributed by atoms with E-state index in [4.69, 9.17) is 35.5 Å². The van der Waals surface area contributed by atoms with Crippen LogP contribution in [-0.4, -0.2) is 17.8 Å². The summed E-state index contributed by atoms with van der Waals surface area (Å²) >= 11 is 11.9. The topological polar surface area (TPSA) is 38.9 Å². The minimum absolute atomic E-state index is 0.294. The number of hydrogen-bond acceptors (Lipinski definition) is 3. The molecule has 1 aromatic carbocycles. The third kappa shape index (κ3) is 2.44. The first kappa shape index (κ1) is 13.2. The van der Waals surface area contributed by atoms with Gasteiger partial charge in [-0.3, -0.25) is 4.98 Å². The van der Waals surface area contributed by atoms with Crippen LogP contribution in [0.2, 0.25) is 10.0 Å². The lowest BCUT2D eigenvalue weighted by atomic mass is 9.99. The lowest BCUT2D eigenvalue weighted by Gasteiger charge is -2.00. The number of rotatable bonds is 2. The van der Waals surface area contributed by atoms with Gasteiger partial charge in [0.2, 0.25) is 5.89 Å². The summed E-state index contributed by atoms with van der Waals surface area (Å²) in [5, 5.41) is 0.906. The van der Waals surface area contributed by atoms with Gasteiger partial charge in [-0.25, -0.2) is 4.98 Å². The summed E-state index contributed by atoms with van der Waals surface area (Å²) in [5.41, 5.74) is 1.77. The second-order valence-electron chi connectivity index (χ2n) is 4.10. The maximum Gasteiger partial charge on any atom is 0.227 e. The summed E-state index contributed by atoms with van der Waals surface area (Å²) in [6.45, 7) is 0. The molecule has 3 aromatic rings. The number of halogens is 2. The lowest BCUT2D eigenvalue weighted by Crippen LogP contribution is -2.05. The van der Waals surface area contributed by atoms with Crippen LogP contribution < -0.4 is 5.59 Å². The minimum atomic E-state index is 0.294. The Labute approximate surface area is 127 Å². The number of pyridine rings is 1. The van der Waals surface area contributed by atoms with Gasteiger partial charge < -0.3 is 4.42 Å². The van der Waals surface area contributed by atoms with Crippen molar-refractivity contribution in [2.75, 3.05) is 0 Å². The van der Waals surface area contributed by atoms with Gasteiger partial charge in [-0.15, -0.1) is 0 Å². The van der Waals surface area contributed by atoms with Crippen LogP contribution in [0, 0.1) is 0 Å². The molecule has 0 saturated heterocycles. The van der Waals surface area contributed by atoms with E-state index in [0.717, 1.165) is 11.1 Å². The molecular formula is C14H7BCl2N2O. The molecule has 0 amide bonds. The van der Waals surface area contributed by atoms with Gasteiger partial charge in [-0.2, -0.15) is 0 Å². The van der Waals surface area contributed by atoms with Crippen molar-refractivity contribution in [1.29, 1.82) is 0 Å². The van der Waals surface area contributed by atoms with Crippen molar-refractivity contribution < 1.29 is 4.42 Å². The number of benzene rings is 1. The van der Waals surface area contributed by atoms with Crippen molar-refractivity contribution in [3.8, 4) is 22.8 Å². The Morgan fingerprint density at radius 1 is 1.05 bits per heavy atom. The molecule has 0 saturated carbocycles. The molecule has 2 radical (unpaired) electrons. The van der Waals surface area contributed by atoms with Crippen molar-refractivity contribution in [2.24, 2.45) is 0 Å². The molecule has 96 valence electrons. The fourth-order valence-electron chi connectivity index (χ4n) is 1.79. The molecule has 3 rings (SSSR count). The molecule has 0 fully saturated rings. The maximum absolute atomic E-state index is 6.00. The zero-order valence-electron chi connectivity index (χ0n) is 10.2. The molecule has 0 aliphatic rings. The Morgan fingerprint density at radius 3 is 2.60 bits per heavy atom. The summed E-state index contributed by atoms with van der Waals surface area (Å²) < 4.78 is 5.70. The standard InChI is InChI=1S/C14H7BCl2N2O/c15-13-12(8-3-4-10(16)11(17)6-8)20-14(19-13)9-2-1-5-18-7-9/h1-7H. The Morgan fingerprint density at radius 2 is 1.90 bits per heavy atom. The molecule has 0 N–H and O–H groups in total. The Hall–Kier alpha value is -1.78. The second-order valence-corrected chi connectivity index (χ2v) is 4.92. The third-order valence-electron chi connectivity index (χ3n) is 2.74.